The van der Waals surface area contributed by atoms with Gasteiger partial charge in [0.15, 0.2) is 6.61 Å². The molecular formula is C15H17F3N2O3S. The second-order valence-electron chi connectivity index (χ2n) is 4.76. The standard InChI is InChI=1S/C15H17F3N2O3S/c1-4-5-6-9-23-19-12(3)13-10-11(2)7-8-14(13)20-24(21,22)15(16,17)18/h7-8,10,20H,4,9H2,1-3H3/b19-12+. The van der Waals surface area contributed by atoms with Crippen molar-refractivity contribution in [3.63, 3.8) is 0 Å². The SMILES string of the molecule is CCC#CCO/N=C(\C)c1cc(C)ccc1NS(=O)(=O)C(F)(F)F. The molecule has 0 aliphatic rings. The summed E-state index contributed by atoms with van der Waals surface area (Å²) in [6.45, 7) is 5.10. The predicted molar refractivity (Wildman–Crippen MR) is 86.0 cm³/mol. The van der Waals surface area contributed by atoms with E-state index in [1.807, 2.05) is 6.92 Å². The Balaban J connectivity index is 3.11. The molecule has 0 aliphatic carbocycles. The van der Waals surface area contributed by atoms with Gasteiger partial charge in [0.05, 0.1) is 11.4 Å². The molecular weight excluding hydrogens is 345 g/mol. The Morgan fingerprint density at radius 1 is 1.33 bits per heavy atom. The first-order valence-corrected chi connectivity index (χ1v) is 8.39. The van der Waals surface area contributed by atoms with Crippen LogP contribution in [0.5, 0.6) is 0 Å². The van der Waals surface area contributed by atoms with Crippen molar-refractivity contribution in [3.05, 3.63) is 29.3 Å². The molecule has 1 aromatic carbocycles. The molecule has 9 heteroatoms. The van der Waals surface area contributed by atoms with E-state index >= 15 is 0 Å². The van der Waals surface area contributed by atoms with Crippen LogP contribution in [0.3, 0.4) is 0 Å². The van der Waals surface area contributed by atoms with Gasteiger partial charge in [0.1, 0.15) is 0 Å². The fourth-order valence-electron chi connectivity index (χ4n) is 1.64. The third-order valence-electron chi connectivity index (χ3n) is 2.75. The Hall–Kier alpha value is -2.21. The summed E-state index contributed by atoms with van der Waals surface area (Å²) < 4.78 is 61.7. The van der Waals surface area contributed by atoms with Crippen LogP contribution in [0.15, 0.2) is 23.4 Å². The van der Waals surface area contributed by atoms with E-state index in [4.69, 9.17) is 4.84 Å². The van der Waals surface area contributed by atoms with Crippen LogP contribution in [0.1, 0.15) is 31.4 Å². The lowest BCUT2D eigenvalue weighted by Crippen LogP contribution is -2.30. The minimum Gasteiger partial charge on any atom is -0.382 e. The number of rotatable bonds is 5. The van der Waals surface area contributed by atoms with E-state index < -0.39 is 15.5 Å². The highest BCUT2D eigenvalue weighted by molar-refractivity contribution is 7.93. The van der Waals surface area contributed by atoms with Crippen LogP contribution in [0, 0.1) is 18.8 Å². The number of aryl methyl sites for hydroxylation is 1. The second kappa shape index (κ2) is 8.06. The van der Waals surface area contributed by atoms with Crippen molar-refractivity contribution in [2.45, 2.75) is 32.7 Å². The zero-order valence-corrected chi connectivity index (χ0v) is 14.2. The van der Waals surface area contributed by atoms with Crippen LogP contribution >= 0.6 is 0 Å². The highest BCUT2D eigenvalue weighted by Crippen LogP contribution is 2.27. The maximum atomic E-state index is 12.5. The van der Waals surface area contributed by atoms with E-state index in [1.165, 1.54) is 29.8 Å². The van der Waals surface area contributed by atoms with E-state index in [0.717, 1.165) is 5.56 Å². The molecule has 1 N–H and O–H groups in total. The van der Waals surface area contributed by atoms with Crippen LogP contribution in [0.2, 0.25) is 0 Å². The summed E-state index contributed by atoms with van der Waals surface area (Å²) in [5, 5.41) is 3.76. The molecule has 0 fully saturated rings. The summed E-state index contributed by atoms with van der Waals surface area (Å²) in [7, 11) is -5.52. The minimum absolute atomic E-state index is 0.0284. The number of nitrogens with one attached hydrogen (secondary N) is 1. The van der Waals surface area contributed by atoms with Crippen LogP contribution in [0.4, 0.5) is 18.9 Å². The van der Waals surface area contributed by atoms with Crippen molar-refractivity contribution in [2.24, 2.45) is 5.16 Å². The number of hydrogen-bond donors (Lipinski definition) is 1. The first-order chi connectivity index (χ1) is 11.1. The van der Waals surface area contributed by atoms with E-state index in [2.05, 4.69) is 17.0 Å². The molecule has 0 spiro atoms. The average Bonchev–Trinajstić information content (AvgIpc) is 2.47. The molecule has 0 heterocycles. The van der Waals surface area contributed by atoms with Gasteiger partial charge in [0, 0.05) is 12.0 Å². The third-order valence-corrected chi connectivity index (χ3v) is 3.85. The monoisotopic (exact) mass is 362 g/mol. The van der Waals surface area contributed by atoms with Crippen molar-refractivity contribution < 1.29 is 26.4 Å². The Morgan fingerprint density at radius 3 is 2.58 bits per heavy atom. The number of benzene rings is 1. The highest BCUT2D eigenvalue weighted by atomic mass is 32.2. The van der Waals surface area contributed by atoms with E-state index in [1.54, 1.807) is 6.92 Å². The number of alkyl halides is 3. The minimum atomic E-state index is -5.52. The predicted octanol–water partition coefficient (Wildman–Crippen LogP) is 3.41. The number of halogens is 3. The molecule has 0 aliphatic heterocycles. The summed E-state index contributed by atoms with van der Waals surface area (Å²) in [4.78, 5) is 4.96. The van der Waals surface area contributed by atoms with Gasteiger partial charge in [-0.25, -0.2) is 0 Å². The fraction of sp³-hybridized carbons (Fsp3) is 0.400. The highest BCUT2D eigenvalue weighted by Gasteiger charge is 2.46. The van der Waals surface area contributed by atoms with E-state index in [-0.39, 0.29) is 23.6 Å². The maximum absolute atomic E-state index is 12.5. The van der Waals surface area contributed by atoms with Crippen molar-refractivity contribution in [2.75, 3.05) is 11.3 Å². The van der Waals surface area contributed by atoms with Crippen molar-refractivity contribution >= 4 is 21.4 Å². The number of nitrogens with zero attached hydrogens (tertiary/aromatic N) is 1. The molecule has 0 atom stereocenters. The van der Waals surface area contributed by atoms with Crippen LogP contribution < -0.4 is 4.72 Å². The lowest BCUT2D eigenvalue weighted by molar-refractivity contribution is -0.0429. The summed E-state index contributed by atoms with van der Waals surface area (Å²) in [5.41, 5.74) is -4.52. The van der Waals surface area contributed by atoms with Gasteiger partial charge in [0.25, 0.3) is 0 Å². The Labute approximate surface area is 138 Å². The van der Waals surface area contributed by atoms with Crippen LogP contribution in [-0.2, 0) is 14.9 Å². The average molecular weight is 362 g/mol. The van der Waals surface area contributed by atoms with Crippen molar-refractivity contribution in [1.82, 2.24) is 0 Å². The molecule has 24 heavy (non-hydrogen) atoms. The third kappa shape index (κ3) is 5.45. The normalized spacial score (nSPS) is 12.3. The van der Waals surface area contributed by atoms with E-state index in [9.17, 15) is 21.6 Å². The molecule has 132 valence electrons. The maximum Gasteiger partial charge on any atom is 0.516 e. The lowest BCUT2D eigenvalue weighted by Gasteiger charge is -2.14. The van der Waals surface area contributed by atoms with E-state index in [0.29, 0.717) is 6.42 Å². The largest absolute Gasteiger partial charge is 0.516 e. The molecule has 0 saturated carbocycles. The van der Waals surface area contributed by atoms with Gasteiger partial charge in [-0.2, -0.15) is 21.6 Å². The summed E-state index contributed by atoms with van der Waals surface area (Å²) in [5.74, 6) is 5.46. The number of oxime groups is 1. The Morgan fingerprint density at radius 2 is 2.00 bits per heavy atom. The Bertz CT molecular complexity index is 775. The van der Waals surface area contributed by atoms with Gasteiger partial charge in [-0.15, -0.1) is 0 Å². The van der Waals surface area contributed by atoms with Crippen LogP contribution in [-0.4, -0.2) is 26.2 Å². The summed E-state index contributed by atoms with van der Waals surface area (Å²) in [6, 6.07) is 4.23. The first-order valence-electron chi connectivity index (χ1n) is 6.91. The molecule has 5 nitrogen and oxygen atoms in total. The van der Waals surface area contributed by atoms with Crippen molar-refractivity contribution in [3.8, 4) is 11.8 Å². The molecule has 0 bridgehead atoms. The number of anilines is 1. The van der Waals surface area contributed by atoms with Gasteiger partial charge >= 0.3 is 15.5 Å². The number of hydrogen-bond acceptors (Lipinski definition) is 4. The topological polar surface area (TPSA) is 67.8 Å². The fourth-order valence-corrected chi connectivity index (χ4v) is 2.22. The summed E-state index contributed by atoms with van der Waals surface area (Å²) in [6.07, 6.45) is 0.660. The Kier molecular flexibility index (Phi) is 6.66. The second-order valence-corrected chi connectivity index (χ2v) is 6.43. The molecule has 0 amide bonds. The first kappa shape index (κ1) is 19.8. The molecule has 0 radical (unpaired) electrons. The van der Waals surface area contributed by atoms with Gasteiger partial charge in [-0.05, 0) is 26.0 Å². The van der Waals surface area contributed by atoms with Gasteiger partial charge < -0.3 is 4.84 Å². The molecule has 0 unspecified atom stereocenters. The van der Waals surface area contributed by atoms with Crippen molar-refractivity contribution in [1.29, 1.82) is 0 Å². The molecule has 1 aromatic rings. The molecule has 0 aromatic heterocycles. The smallest absolute Gasteiger partial charge is 0.382 e. The lowest BCUT2D eigenvalue weighted by atomic mass is 10.1. The van der Waals surface area contributed by atoms with Gasteiger partial charge in [-0.1, -0.05) is 35.6 Å². The van der Waals surface area contributed by atoms with Crippen LogP contribution in [0.25, 0.3) is 0 Å². The van der Waals surface area contributed by atoms with Gasteiger partial charge in [-0.3, -0.25) is 4.72 Å². The zero-order chi connectivity index (χ0) is 18.4. The molecule has 0 saturated heterocycles. The number of sulfonamides is 1. The quantitative estimate of drug-likeness (QED) is 0.378. The molecule has 1 rings (SSSR count). The summed E-state index contributed by atoms with van der Waals surface area (Å²) >= 11 is 0. The zero-order valence-electron chi connectivity index (χ0n) is 13.4. The van der Waals surface area contributed by atoms with Gasteiger partial charge in [0.2, 0.25) is 0 Å².